The number of nitrogens with zero attached hydrogens (tertiary/aromatic N) is 1. The second kappa shape index (κ2) is 5.92. The molecule has 0 bridgehead atoms. The fourth-order valence-electron chi connectivity index (χ4n) is 2.17. The molecule has 20 heavy (non-hydrogen) atoms. The smallest absolute Gasteiger partial charge is 0.108 e. The first-order chi connectivity index (χ1) is 9.74. The maximum Gasteiger partial charge on any atom is 0.108 e. The van der Waals surface area contributed by atoms with Gasteiger partial charge in [-0.15, -0.1) is 11.3 Å². The van der Waals surface area contributed by atoms with E-state index in [1.54, 1.807) is 11.3 Å². The molecule has 0 aliphatic rings. The Balaban J connectivity index is 1.71. The van der Waals surface area contributed by atoms with Crippen molar-refractivity contribution in [1.29, 1.82) is 0 Å². The second-order valence-corrected chi connectivity index (χ2v) is 6.22. The van der Waals surface area contributed by atoms with Gasteiger partial charge in [0.2, 0.25) is 0 Å². The molecular formula is C16H15ClN2S. The zero-order chi connectivity index (χ0) is 13.9. The Morgan fingerprint density at radius 2 is 1.90 bits per heavy atom. The van der Waals surface area contributed by atoms with Gasteiger partial charge in [-0.25, -0.2) is 4.98 Å². The number of hydrogen-bond donors (Lipinski definition) is 1. The number of para-hydroxylation sites is 1. The van der Waals surface area contributed by atoms with Gasteiger partial charge >= 0.3 is 0 Å². The van der Waals surface area contributed by atoms with Gasteiger partial charge in [0.1, 0.15) is 5.01 Å². The van der Waals surface area contributed by atoms with E-state index in [4.69, 9.17) is 11.6 Å². The van der Waals surface area contributed by atoms with Crippen molar-refractivity contribution in [3.63, 3.8) is 0 Å². The Morgan fingerprint density at radius 3 is 2.70 bits per heavy atom. The van der Waals surface area contributed by atoms with Crippen LogP contribution in [0.4, 0.5) is 0 Å². The highest BCUT2D eigenvalue weighted by Crippen LogP contribution is 2.24. The zero-order valence-electron chi connectivity index (χ0n) is 11.1. The van der Waals surface area contributed by atoms with E-state index in [1.807, 2.05) is 36.4 Å². The van der Waals surface area contributed by atoms with Crippen LogP contribution in [0.5, 0.6) is 0 Å². The third-order valence-corrected chi connectivity index (χ3v) is 4.65. The molecule has 2 nitrogen and oxygen atoms in total. The summed E-state index contributed by atoms with van der Waals surface area (Å²) < 4.78 is 1.23. The maximum absolute atomic E-state index is 6.21. The van der Waals surface area contributed by atoms with E-state index in [2.05, 4.69) is 29.4 Å². The lowest BCUT2D eigenvalue weighted by atomic mass is 10.1. The van der Waals surface area contributed by atoms with Crippen molar-refractivity contribution in [2.75, 3.05) is 0 Å². The van der Waals surface area contributed by atoms with Gasteiger partial charge in [-0.3, -0.25) is 0 Å². The molecule has 0 aliphatic heterocycles. The first kappa shape index (κ1) is 13.6. The van der Waals surface area contributed by atoms with Crippen LogP contribution in [0, 0.1) is 0 Å². The van der Waals surface area contributed by atoms with Crippen LogP contribution in [-0.4, -0.2) is 4.98 Å². The van der Waals surface area contributed by atoms with Crippen LogP contribution in [-0.2, 0) is 6.54 Å². The predicted octanol–water partition coefficient (Wildman–Crippen LogP) is 4.80. The van der Waals surface area contributed by atoms with Crippen molar-refractivity contribution >= 4 is 33.2 Å². The summed E-state index contributed by atoms with van der Waals surface area (Å²) in [5, 5.41) is 5.38. The van der Waals surface area contributed by atoms with Crippen LogP contribution in [0.2, 0.25) is 5.02 Å². The summed E-state index contributed by atoms with van der Waals surface area (Å²) in [6, 6.07) is 16.4. The molecule has 3 rings (SSSR count). The van der Waals surface area contributed by atoms with Crippen LogP contribution in [0.3, 0.4) is 0 Å². The maximum atomic E-state index is 6.21. The Labute approximate surface area is 127 Å². The van der Waals surface area contributed by atoms with Crippen molar-refractivity contribution < 1.29 is 0 Å². The second-order valence-electron chi connectivity index (χ2n) is 4.70. The molecular weight excluding hydrogens is 288 g/mol. The molecule has 0 amide bonds. The number of nitrogens with one attached hydrogen (secondary N) is 1. The highest BCUT2D eigenvalue weighted by atomic mass is 35.5. The molecule has 0 spiro atoms. The number of hydrogen-bond acceptors (Lipinski definition) is 3. The lowest BCUT2D eigenvalue weighted by Crippen LogP contribution is -2.18. The number of benzene rings is 2. The molecule has 0 aliphatic carbocycles. The molecule has 0 saturated carbocycles. The molecule has 1 N–H and O–H groups in total. The largest absolute Gasteiger partial charge is 0.304 e. The number of thiazole rings is 1. The SMILES string of the molecule is CC(NCc1nc2ccccc2s1)c1ccccc1Cl. The van der Waals surface area contributed by atoms with E-state index < -0.39 is 0 Å². The highest BCUT2D eigenvalue weighted by molar-refractivity contribution is 7.18. The summed E-state index contributed by atoms with van der Waals surface area (Å²) in [5.74, 6) is 0. The Kier molecular flexibility index (Phi) is 4.01. The number of fused-ring (bicyclic) bond motifs is 1. The fourth-order valence-corrected chi connectivity index (χ4v) is 3.39. The summed E-state index contributed by atoms with van der Waals surface area (Å²) >= 11 is 7.94. The third kappa shape index (κ3) is 2.85. The van der Waals surface area contributed by atoms with E-state index in [-0.39, 0.29) is 6.04 Å². The lowest BCUT2D eigenvalue weighted by molar-refractivity contribution is 0.574. The van der Waals surface area contributed by atoms with Crippen LogP contribution in [0.15, 0.2) is 48.5 Å². The van der Waals surface area contributed by atoms with E-state index >= 15 is 0 Å². The van der Waals surface area contributed by atoms with Gasteiger partial charge in [-0.2, -0.15) is 0 Å². The molecule has 0 radical (unpaired) electrons. The quantitative estimate of drug-likeness (QED) is 0.749. The van der Waals surface area contributed by atoms with E-state index in [9.17, 15) is 0 Å². The van der Waals surface area contributed by atoms with Gasteiger partial charge in [0.25, 0.3) is 0 Å². The monoisotopic (exact) mass is 302 g/mol. The van der Waals surface area contributed by atoms with Crippen LogP contribution in [0.25, 0.3) is 10.2 Å². The van der Waals surface area contributed by atoms with Gasteiger partial charge < -0.3 is 5.32 Å². The average molecular weight is 303 g/mol. The molecule has 102 valence electrons. The van der Waals surface area contributed by atoms with Gasteiger partial charge in [-0.1, -0.05) is 41.9 Å². The Morgan fingerprint density at radius 1 is 1.15 bits per heavy atom. The topological polar surface area (TPSA) is 24.9 Å². The van der Waals surface area contributed by atoms with Crippen molar-refractivity contribution in [3.8, 4) is 0 Å². The van der Waals surface area contributed by atoms with Crippen LogP contribution >= 0.6 is 22.9 Å². The minimum absolute atomic E-state index is 0.204. The highest BCUT2D eigenvalue weighted by Gasteiger charge is 2.10. The molecule has 0 saturated heterocycles. The third-order valence-electron chi connectivity index (χ3n) is 3.27. The zero-order valence-corrected chi connectivity index (χ0v) is 12.7. The van der Waals surface area contributed by atoms with Gasteiger partial charge in [0, 0.05) is 17.6 Å². The summed E-state index contributed by atoms with van der Waals surface area (Å²) in [5.41, 5.74) is 2.19. The number of aromatic nitrogens is 1. The Bertz CT molecular complexity index is 690. The summed E-state index contributed by atoms with van der Waals surface area (Å²) in [7, 11) is 0. The lowest BCUT2D eigenvalue weighted by Gasteiger charge is -2.14. The van der Waals surface area contributed by atoms with E-state index in [0.29, 0.717) is 0 Å². The molecule has 1 unspecified atom stereocenters. The molecule has 0 fully saturated rings. The summed E-state index contributed by atoms with van der Waals surface area (Å²) in [6.45, 7) is 2.88. The molecule has 4 heteroatoms. The normalized spacial score (nSPS) is 12.7. The first-order valence-corrected chi connectivity index (χ1v) is 7.76. The fraction of sp³-hybridized carbons (Fsp3) is 0.188. The first-order valence-electron chi connectivity index (χ1n) is 6.56. The number of halogens is 1. The minimum Gasteiger partial charge on any atom is -0.304 e. The van der Waals surface area contributed by atoms with E-state index in [0.717, 1.165) is 27.7 Å². The summed E-state index contributed by atoms with van der Waals surface area (Å²) in [4.78, 5) is 4.62. The van der Waals surface area contributed by atoms with Crippen LogP contribution in [0.1, 0.15) is 23.5 Å². The van der Waals surface area contributed by atoms with Gasteiger partial charge in [-0.05, 0) is 30.7 Å². The van der Waals surface area contributed by atoms with Crippen molar-refractivity contribution in [2.24, 2.45) is 0 Å². The standard InChI is InChI=1S/C16H15ClN2S/c1-11(12-6-2-3-7-13(12)17)18-10-16-19-14-8-4-5-9-15(14)20-16/h2-9,11,18H,10H2,1H3. The average Bonchev–Trinajstić information content (AvgIpc) is 2.88. The van der Waals surface area contributed by atoms with Crippen LogP contribution < -0.4 is 5.32 Å². The minimum atomic E-state index is 0.204. The predicted molar refractivity (Wildman–Crippen MR) is 86.3 cm³/mol. The molecule has 1 aromatic heterocycles. The number of rotatable bonds is 4. The van der Waals surface area contributed by atoms with Gasteiger partial charge in [0.15, 0.2) is 0 Å². The van der Waals surface area contributed by atoms with Crippen molar-refractivity contribution in [2.45, 2.75) is 19.5 Å². The van der Waals surface area contributed by atoms with E-state index in [1.165, 1.54) is 4.70 Å². The van der Waals surface area contributed by atoms with Gasteiger partial charge in [0.05, 0.1) is 10.2 Å². The molecule has 1 atom stereocenters. The molecule has 1 heterocycles. The molecule has 3 aromatic rings. The Hall–Kier alpha value is -1.42. The van der Waals surface area contributed by atoms with Crippen molar-refractivity contribution in [3.05, 3.63) is 64.1 Å². The summed E-state index contributed by atoms with van der Waals surface area (Å²) in [6.07, 6.45) is 0. The molecule has 2 aromatic carbocycles. The van der Waals surface area contributed by atoms with Crippen molar-refractivity contribution in [1.82, 2.24) is 10.3 Å².